The van der Waals surface area contributed by atoms with Crippen LogP contribution in [0.4, 0.5) is 0 Å². The average molecular weight is 1010 g/mol. The Balaban J connectivity index is 4.28. The molecule has 6 nitrogen and oxygen atoms in total. The van der Waals surface area contributed by atoms with E-state index < -0.39 is 6.10 Å². The largest absolute Gasteiger partial charge is 0.462 e. The molecule has 0 spiro atoms. The molecule has 0 aromatic heterocycles. The van der Waals surface area contributed by atoms with Crippen LogP contribution in [0.2, 0.25) is 0 Å². The predicted molar refractivity (Wildman–Crippen MR) is 312 cm³/mol. The minimum Gasteiger partial charge on any atom is -0.462 e. The smallest absolute Gasteiger partial charge is 0.306 e. The SMILES string of the molecule is CC/C=C\C/C=C\C/C=C\C/C=C\C/C=C\CCCCCC(=O)OC(COC(=O)CCCCCCCCCCCCC)COC(=O)CCCCCCCCCCCCCCCCCCCCCCCCCC. The Morgan fingerprint density at radius 3 is 0.847 bits per heavy atom. The summed E-state index contributed by atoms with van der Waals surface area (Å²) < 4.78 is 16.9. The molecule has 1 atom stereocenters. The Kier molecular flexibility index (Phi) is 58.2. The molecule has 0 aliphatic carbocycles. The van der Waals surface area contributed by atoms with Crippen LogP contribution in [0.3, 0.4) is 0 Å². The number of allylic oxidation sites excluding steroid dienone is 10. The van der Waals surface area contributed by atoms with Gasteiger partial charge in [0, 0.05) is 19.3 Å². The zero-order chi connectivity index (χ0) is 52.2. The zero-order valence-corrected chi connectivity index (χ0v) is 47.9. The van der Waals surface area contributed by atoms with E-state index in [1.807, 2.05) is 0 Å². The van der Waals surface area contributed by atoms with Gasteiger partial charge >= 0.3 is 17.9 Å². The van der Waals surface area contributed by atoms with Crippen LogP contribution in [0.5, 0.6) is 0 Å². The third-order valence-corrected chi connectivity index (χ3v) is 13.8. The monoisotopic (exact) mass is 1010 g/mol. The summed E-state index contributed by atoms with van der Waals surface area (Å²) in [6, 6.07) is 0. The lowest BCUT2D eigenvalue weighted by Crippen LogP contribution is -2.30. The summed E-state index contributed by atoms with van der Waals surface area (Å²) >= 11 is 0. The molecule has 418 valence electrons. The number of unbranched alkanes of at least 4 members (excludes halogenated alkanes) is 36. The summed E-state index contributed by atoms with van der Waals surface area (Å²) in [6.07, 6.45) is 76.6. The normalized spacial score (nSPS) is 12.4. The van der Waals surface area contributed by atoms with Gasteiger partial charge in [0.15, 0.2) is 6.10 Å². The van der Waals surface area contributed by atoms with Crippen molar-refractivity contribution >= 4 is 17.9 Å². The van der Waals surface area contributed by atoms with Gasteiger partial charge < -0.3 is 14.2 Å². The van der Waals surface area contributed by atoms with E-state index in [1.165, 1.54) is 186 Å². The first-order valence-electron chi connectivity index (χ1n) is 31.3. The highest BCUT2D eigenvalue weighted by Gasteiger charge is 2.19. The summed E-state index contributed by atoms with van der Waals surface area (Å²) in [5, 5.41) is 0. The van der Waals surface area contributed by atoms with E-state index in [1.54, 1.807) is 0 Å². The first-order valence-corrected chi connectivity index (χ1v) is 31.3. The number of rotatable bonds is 57. The third kappa shape index (κ3) is 58.0. The molecule has 0 saturated heterocycles. The van der Waals surface area contributed by atoms with E-state index in [9.17, 15) is 14.4 Å². The number of hydrogen-bond acceptors (Lipinski definition) is 6. The molecule has 0 aromatic carbocycles. The molecular weight excluding hydrogens is 889 g/mol. The molecule has 0 aliphatic heterocycles. The molecule has 0 rings (SSSR count). The minimum atomic E-state index is -0.789. The van der Waals surface area contributed by atoms with Crippen LogP contribution in [-0.4, -0.2) is 37.2 Å². The van der Waals surface area contributed by atoms with Crippen LogP contribution in [0.15, 0.2) is 60.8 Å². The van der Waals surface area contributed by atoms with Gasteiger partial charge in [-0.1, -0.05) is 300 Å². The van der Waals surface area contributed by atoms with Gasteiger partial charge in [-0.2, -0.15) is 0 Å². The lowest BCUT2D eigenvalue weighted by atomic mass is 10.0. The maximum atomic E-state index is 12.9. The molecule has 0 fully saturated rings. The molecule has 0 aromatic rings. The first kappa shape index (κ1) is 69.1. The van der Waals surface area contributed by atoms with Crippen molar-refractivity contribution in [1.82, 2.24) is 0 Å². The molecule has 0 N–H and O–H groups in total. The number of ether oxygens (including phenoxy) is 3. The van der Waals surface area contributed by atoms with Gasteiger partial charge in [-0.15, -0.1) is 0 Å². The van der Waals surface area contributed by atoms with Crippen molar-refractivity contribution < 1.29 is 28.6 Å². The molecule has 0 amide bonds. The van der Waals surface area contributed by atoms with Gasteiger partial charge in [0.25, 0.3) is 0 Å². The minimum absolute atomic E-state index is 0.0836. The third-order valence-electron chi connectivity index (χ3n) is 13.8. The summed E-state index contributed by atoms with van der Waals surface area (Å²) in [7, 11) is 0. The van der Waals surface area contributed by atoms with Crippen LogP contribution < -0.4 is 0 Å². The molecule has 0 radical (unpaired) electrons. The average Bonchev–Trinajstić information content (AvgIpc) is 3.38. The Morgan fingerprint density at radius 2 is 0.542 bits per heavy atom. The van der Waals surface area contributed by atoms with Crippen LogP contribution in [0.25, 0.3) is 0 Å². The Labute approximate surface area is 447 Å². The molecule has 0 heterocycles. The van der Waals surface area contributed by atoms with E-state index in [2.05, 4.69) is 81.5 Å². The quantitative estimate of drug-likeness (QED) is 0.0261. The lowest BCUT2D eigenvalue weighted by molar-refractivity contribution is -0.167. The van der Waals surface area contributed by atoms with Crippen LogP contribution in [-0.2, 0) is 28.6 Å². The zero-order valence-electron chi connectivity index (χ0n) is 47.9. The molecule has 72 heavy (non-hydrogen) atoms. The van der Waals surface area contributed by atoms with Gasteiger partial charge in [-0.3, -0.25) is 14.4 Å². The van der Waals surface area contributed by atoms with Crippen LogP contribution in [0, 0.1) is 0 Å². The van der Waals surface area contributed by atoms with Crippen molar-refractivity contribution in [3.05, 3.63) is 60.8 Å². The van der Waals surface area contributed by atoms with Crippen LogP contribution in [0.1, 0.15) is 323 Å². The van der Waals surface area contributed by atoms with Crippen molar-refractivity contribution in [1.29, 1.82) is 0 Å². The van der Waals surface area contributed by atoms with E-state index in [-0.39, 0.29) is 31.1 Å². The topological polar surface area (TPSA) is 78.9 Å². The second kappa shape index (κ2) is 60.7. The number of carbonyl (C=O) groups is 3. The predicted octanol–water partition coefficient (Wildman–Crippen LogP) is 21.2. The van der Waals surface area contributed by atoms with Crippen molar-refractivity contribution in [2.24, 2.45) is 0 Å². The van der Waals surface area contributed by atoms with Crippen molar-refractivity contribution in [2.75, 3.05) is 13.2 Å². The summed E-state index contributed by atoms with van der Waals surface area (Å²) in [6.45, 7) is 6.54. The molecule has 6 heteroatoms. The standard InChI is InChI=1S/C66H118O6/c1-4-7-10-13-16-19-22-24-26-28-30-31-32-33-34-36-37-39-41-44-47-50-53-56-59-65(68)71-62-63(61-70-64(67)58-55-52-49-46-43-21-18-15-12-9-6-3)72-66(69)60-57-54-51-48-45-42-40-38-35-29-27-25-23-20-17-14-11-8-5-2/h8,11,17,20,25,27,35,38,42,45,63H,4-7,9-10,12-16,18-19,21-24,26,28-34,36-37,39-41,43-44,46-62H2,1-3H3/b11-8-,20-17-,27-25-,38-35-,45-42-. The fourth-order valence-electron chi connectivity index (χ4n) is 9.12. The molecular formula is C66H118O6. The highest BCUT2D eigenvalue weighted by Crippen LogP contribution is 2.17. The van der Waals surface area contributed by atoms with Gasteiger partial charge in [0.2, 0.25) is 0 Å². The number of hydrogen-bond donors (Lipinski definition) is 0. The fourth-order valence-corrected chi connectivity index (χ4v) is 9.12. The highest BCUT2D eigenvalue weighted by atomic mass is 16.6. The molecule has 0 aliphatic rings. The fraction of sp³-hybridized carbons (Fsp3) is 0.803. The maximum absolute atomic E-state index is 12.9. The summed E-state index contributed by atoms with van der Waals surface area (Å²) in [5.41, 5.74) is 0. The van der Waals surface area contributed by atoms with Crippen LogP contribution >= 0.6 is 0 Å². The molecule has 1 unspecified atom stereocenters. The lowest BCUT2D eigenvalue weighted by Gasteiger charge is -2.18. The second-order valence-electron chi connectivity index (χ2n) is 21.0. The van der Waals surface area contributed by atoms with E-state index in [0.717, 1.165) is 96.3 Å². The Hall–Kier alpha value is -2.89. The van der Waals surface area contributed by atoms with Crippen molar-refractivity contribution in [3.63, 3.8) is 0 Å². The van der Waals surface area contributed by atoms with E-state index in [0.29, 0.717) is 19.3 Å². The summed E-state index contributed by atoms with van der Waals surface area (Å²) in [4.78, 5) is 38.2. The van der Waals surface area contributed by atoms with E-state index in [4.69, 9.17) is 14.2 Å². The second-order valence-corrected chi connectivity index (χ2v) is 21.0. The van der Waals surface area contributed by atoms with Crippen molar-refractivity contribution in [2.45, 2.75) is 329 Å². The summed E-state index contributed by atoms with van der Waals surface area (Å²) in [5.74, 6) is -0.900. The van der Waals surface area contributed by atoms with Gasteiger partial charge in [-0.05, 0) is 64.2 Å². The van der Waals surface area contributed by atoms with E-state index >= 15 is 0 Å². The number of carbonyl (C=O) groups excluding carboxylic acids is 3. The highest BCUT2D eigenvalue weighted by molar-refractivity contribution is 5.71. The Morgan fingerprint density at radius 1 is 0.292 bits per heavy atom. The Bertz CT molecular complexity index is 1290. The van der Waals surface area contributed by atoms with Gasteiger partial charge in [-0.25, -0.2) is 0 Å². The molecule has 0 saturated carbocycles. The van der Waals surface area contributed by atoms with Crippen molar-refractivity contribution in [3.8, 4) is 0 Å². The maximum Gasteiger partial charge on any atom is 0.306 e. The van der Waals surface area contributed by atoms with Gasteiger partial charge in [0.05, 0.1) is 0 Å². The first-order chi connectivity index (χ1) is 35.5. The molecule has 0 bridgehead atoms. The van der Waals surface area contributed by atoms with Gasteiger partial charge in [0.1, 0.15) is 13.2 Å². The number of esters is 3.